The van der Waals surface area contributed by atoms with E-state index >= 15 is 0 Å². The molecule has 8 N–H and O–H groups in total. The third-order valence-electron chi connectivity index (χ3n) is 14.7. The maximum atomic E-state index is 14.2. The van der Waals surface area contributed by atoms with E-state index in [4.69, 9.17) is 26.0 Å². The molecular formula is C42H51N6NiO13-. The third-order valence-corrected chi connectivity index (χ3v) is 14.7. The van der Waals surface area contributed by atoms with E-state index in [1.165, 1.54) is 0 Å². The monoisotopic (exact) mass is 905 g/mol. The molecule has 2 saturated heterocycles. The Morgan fingerprint density at radius 1 is 0.855 bits per heavy atom. The molecule has 0 aromatic carbocycles. The van der Waals surface area contributed by atoms with E-state index < -0.39 is 113 Å². The number of hydrogen-bond donors (Lipinski definition) is 7. The molecule has 1 saturated carbocycles. The minimum Gasteiger partial charge on any atom is -0.664 e. The summed E-state index contributed by atoms with van der Waals surface area (Å²) in [7, 11) is 0. The van der Waals surface area contributed by atoms with E-state index in [9.17, 15) is 63.9 Å². The zero-order chi connectivity index (χ0) is 44.3. The van der Waals surface area contributed by atoms with Crippen LogP contribution in [-0.4, -0.2) is 108 Å². The van der Waals surface area contributed by atoms with Crippen LogP contribution in [0.1, 0.15) is 104 Å². The molecule has 19 nitrogen and oxygen atoms in total. The van der Waals surface area contributed by atoms with Gasteiger partial charge in [0.15, 0.2) is 5.78 Å². The summed E-state index contributed by atoms with van der Waals surface area (Å²) >= 11 is 0. The predicted octanol–water partition coefficient (Wildman–Crippen LogP) is 3.11. The second-order valence-corrected chi connectivity index (χ2v) is 18.3. The number of nitrogens with zero attached hydrogens (tertiary/aromatic N) is 4. The first-order valence-electron chi connectivity index (χ1n) is 20.8. The maximum Gasteiger partial charge on any atom is 0.303 e. The number of Topliss-reactive ketones (excluding diaryl/α,β-unsaturated/α-hetero) is 1. The number of fused-ring (bicyclic) bond motifs is 4. The fourth-order valence-corrected chi connectivity index (χ4v) is 12.0. The van der Waals surface area contributed by atoms with Crippen LogP contribution in [0.5, 0.6) is 0 Å². The molecule has 11 atom stereocenters. The van der Waals surface area contributed by atoms with E-state index in [2.05, 4.69) is 5.32 Å². The van der Waals surface area contributed by atoms with Gasteiger partial charge in [-0.1, -0.05) is 19.9 Å². The second kappa shape index (κ2) is 17.1. The Hall–Kier alpha value is -5.26. The minimum absolute atomic E-state index is 0. The Morgan fingerprint density at radius 3 is 2.13 bits per heavy atom. The van der Waals surface area contributed by atoms with Crippen molar-refractivity contribution >= 4 is 64.6 Å². The molecule has 0 radical (unpaired) electrons. The minimum atomic E-state index is -1.46. The molecule has 20 heteroatoms. The van der Waals surface area contributed by atoms with Crippen LogP contribution in [0.15, 0.2) is 38.0 Å². The van der Waals surface area contributed by atoms with Gasteiger partial charge < -0.3 is 41.9 Å². The summed E-state index contributed by atoms with van der Waals surface area (Å²) < 4.78 is 0. The number of carboxylic acid groups (broad SMARTS) is 5. The molecule has 0 aromatic rings. The van der Waals surface area contributed by atoms with E-state index in [0.29, 0.717) is 17.1 Å². The topological polar surface area (TPSA) is 327 Å². The van der Waals surface area contributed by atoms with Crippen molar-refractivity contribution in [2.24, 2.45) is 67.0 Å². The molecule has 1 aliphatic carbocycles. The van der Waals surface area contributed by atoms with Crippen molar-refractivity contribution in [2.45, 2.75) is 121 Å². The van der Waals surface area contributed by atoms with Gasteiger partial charge in [-0.25, -0.2) is 0 Å². The summed E-state index contributed by atoms with van der Waals surface area (Å²) in [5, 5.41) is 58.1. The summed E-state index contributed by atoms with van der Waals surface area (Å²) in [6.07, 6.45) is -0.455. The van der Waals surface area contributed by atoms with Gasteiger partial charge in [-0.3, -0.25) is 53.3 Å². The number of nitrogens with two attached hydrogens (primary N) is 1. The quantitative estimate of drug-likeness (QED) is 0.116. The van der Waals surface area contributed by atoms with Gasteiger partial charge in [0.25, 0.3) is 0 Å². The van der Waals surface area contributed by atoms with Gasteiger partial charge in [-0.15, -0.1) is 5.70 Å². The van der Waals surface area contributed by atoms with Crippen molar-refractivity contribution in [1.82, 2.24) is 5.32 Å². The number of aliphatic carboxylic acids is 5. The average Bonchev–Trinajstić information content (AvgIpc) is 3.83. The molecule has 7 rings (SSSR count). The maximum absolute atomic E-state index is 14.2. The molecule has 338 valence electrons. The van der Waals surface area contributed by atoms with Crippen molar-refractivity contribution in [3.05, 3.63) is 28.4 Å². The third kappa shape index (κ3) is 8.21. The standard InChI is InChI=1S/C42H52N6O13.Ni/c1-40(16-30(43)50)22(5-9-33(54)55)27-15-42-41(2,17-31(51)48-42)23(6-10-34(56)57)26(47-42)13-24-20(11-35(58)59)19(4-8-32(52)53)39(45-24)37-28(49)7-3-18-21(12-36(60)61)25(46-38(18)37)14-29(40)44-27;/h13,18-23,25,27H,3-12,14-17H2,1-2H3,(H9,43,45,46,47,48,49,50,51,52,53,54,55,56,57,58,59,60,61);/p-1/t18-,19-,20-,21-,22+,23+,25+,27-,40-,41-,42-;/m0./s1. The number of carbonyl (C=O) groups excluding carboxylic acids is 3. The fraction of sp³-hybridized carbons (Fsp3) is 0.643. The smallest absolute Gasteiger partial charge is 0.303 e. The fourth-order valence-electron chi connectivity index (χ4n) is 12.0. The van der Waals surface area contributed by atoms with Crippen molar-refractivity contribution < 1.29 is 80.4 Å². The Balaban J connectivity index is 0.00000641. The number of primary amides is 1. The van der Waals surface area contributed by atoms with Gasteiger partial charge in [-0.2, -0.15) is 5.70 Å². The first kappa shape index (κ1) is 46.3. The summed E-state index contributed by atoms with van der Waals surface area (Å²) in [6.45, 7) is 3.58. The molecule has 6 aliphatic heterocycles. The second-order valence-electron chi connectivity index (χ2n) is 18.3. The van der Waals surface area contributed by atoms with Crippen LogP contribution < -0.4 is 11.1 Å². The summed E-state index contributed by atoms with van der Waals surface area (Å²) in [4.78, 5) is 118. The normalized spacial score (nSPS) is 37.4. The van der Waals surface area contributed by atoms with Crippen LogP contribution in [-0.2, 0) is 54.8 Å². The number of ketones is 1. The molecule has 1 spiro atoms. The number of aliphatic imine (C=N–C) groups is 3. The van der Waals surface area contributed by atoms with Gasteiger partial charge in [0, 0.05) is 119 Å². The predicted molar refractivity (Wildman–Crippen MR) is 213 cm³/mol. The molecular weight excluding hydrogens is 855 g/mol. The van der Waals surface area contributed by atoms with Crippen LogP contribution >= 0.6 is 0 Å². The largest absolute Gasteiger partial charge is 0.664 e. The van der Waals surface area contributed by atoms with Gasteiger partial charge in [0.05, 0.1) is 24.9 Å². The zero-order valence-corrected chi connectivity index (χ0v) is 35.3. The Bertz CT molecular complexity index is 2170. The number of rotatable bonds is 15. The summed E-state index contributed by atoms with van der Waals surface area (Å²) in [5.74, 6) is -11.6. The van der Waals surface area contributed by atoms with Crippen LogP contribution in [0.25, 0.3) is 5.32 Å². The molecule has 7 aliphatic rings. The van der Waals surface area contributed by atoms with Crippen molar-refractivity contribution in [3.8, 4) is 0 Å². The molecule has 2 amide bonds. The van der Waals surface area contributed by atoms with E-state index in [1.54, 1.807) is 13.0 Å². The summed E-state index contributed by atoms with van der Waals surface area (Å²) in [6, 6.07) is -1.58. The van der Waals surface area contributed by atoms with Crippen LogP contribution in [0, 0.1) is 46.3 Å². The number of carbonyl (C=O) groups is 8. The van der Waals surface area contributed by atoms with E-state index in [1.807, 2.05) is 6.92 Å². The molecule has 62 heavy (non-hydrogen) atoms. The Labute approximate surface area is 366 Å². The SMILES string of the molecule is C[C@@]12CC(=O)N[C@@]13C[C@@H]1N=C(C[C@H]4N=C5/C(=C6\[N-]/C(=C\C(=N3)[C@H]2CCC(=O)O)[C@@H](CC(=O)O)[C@@H]6CCC(=O)O)C(=O)CC[C@H]5[C@@H]4CC(=O)O)[C@@](C)(CC(N)=O)[C@@H]1CCC(=O)O.[Ni]. The van der Waals surface area contributed by atoms with Gasteiger partial charge in [-0.05, 0) is 43.4 Å². The Morgan fingerprint density at radius 2 is 1.50 bits per heavy atom. The van der Waals surface area contributed by atoms with E-state index in [0.717, 1.165) is 0 Å². The molecule has 0 unspecified atom stereocenters. The number of carboxylic acids is 5. The summed E-state index contributed by atoms with van der Waals surface area (Å²) in [5.41, 5.74) is 3.63. The van der Waals surface area contributed by atoms with Gasteiger partial charge >= 0.3 is 29.8 Å². The Kier molecular flexibility index (Phi) is 12.8. The van der Waals surface area contributed by atoms with Crippen LogP contribution in [0.2, 0.25) is 0 Å². The molecule has 3 fully saturated rings. The van der Waals surface area contributed by atoms with Crippen LogP contribution in [0.3, 0.4) is 0 Å². The van der Waals surface area contributed by atoms with Gasteiger partial charge in [0.1, 0.15) is 5.66 Å². The number of nitrogens with one attached hydrogen (secondary N) is 1. The van der Waals surface area contributed by atoms with E-state index in [-0.39, 0.29) is 122 Å². The van der Waals surface area contributed by atoms with Crippen molar-refractivity contribution in [1.29, 1.82) is 0 Å². The van der Waals surface area contributed by atoms with Gasteiger partial charge in [0.2, 0.25) is 11.8 Å². The number of amides is 2. The average molecular weight is 907 g/mol. The first-order chi connectivity index (χ1) is 28.7. The van der Waals surface area contributed by atoms with Crippen molar-refractivity contribution in [2.75, 3.05) is 0 Å². The van der Waals surface area contributed by atoms with Crippen molar-refractivity contribution in [3.63, 3.8) is 0 Å². The number of allylic oxidation sites excluding steroid dienone is 4. The molecule has 0 aromatic heterocycles. The number of hydrogen-bond acceptors (Lipinski definition) is 11. The molecule has 6 heterocycles. The zero-order valence-electron chi connectivity index (χ0n) is 34.3. The van der Waals surface area contributed by atoms with Crippen LogP contribution in [0.4, 0.5) is 0 Å². The molecule has 8 bridgehead atoms. The first-order valence-corrected chi connectivity index (χ1v) is 20.8.